The number of Topliss-reactive ketones (excluding diaryl/α,β-unsaturated/α-hetero) is 1. The zero-order valence-electron chi connectivity index (χ0n) is 26.8. The molecule has 1 aliphatic carbocycles. The van der Waals surface area contributed by atoms with Gasteiger partial charge in [0, 0.05) is 22.8 Å². The Labute approximate surface area is 279 Å². The van der Waals surface area contributed by atoms with Gasteiger partial charge in [-0.2, -0.15) is 0 Å². The summed E-state index contributed by atoms with van der Waals surface area (Å²) in [6.45, 7) is 5.74. The number of phenolic OH excluding ortho intramolecular Hbond substituents is 1. The number of aliphatic hydroxyl groups is 1. The van der Waals surface area contributed by atoms with Gasteiger partial charge in [0.1, 0.15) is 16.9 Å². The second-order valence-electron chi connectivity index (χ2n) is 11.6. The van der Waals surface area contributed by atoms with E-state index in [1.807, 2.05) is 26.0 Å². The number of rotatable bonds is 15. The molecule has 0 saturated heterocycles. The molecule has 0 aliphatic heterocycles. The molecule has 1 aliphatic rings. The number of ketones is 1. The number of carbonyl (C=O) groups is 2. The first-order chi connectivity index (χ1) is 22.5. The summed E-state index contributed by atoms with van der Waals surface area (Å²) in [4.78, 5) is 38.4. The highest BCUT2D eigenvalue weighted by Crippen LogP contribution is 2.34. The van der Waals surface area contributed by atoms with Gasteiger partial charge in [0.05, 0.1) is 29.1 Å². The van der Waals surface area contributed by atoms with Gasteiger partial charge in [0.25, 0.3) is 0 Å². The number of aryl methyl sites for hydroxylation is 1. The van der Waals surface area contributed by atoms with Crippen molar-refractivity contribution in [2.75, 3.05) is 6.61 Å². The van der Waals surface area contributed by atoms with Crippen LogP contribution in [0.3, 0.4) is 0 Å². The van der Waals surface area contributed by atoms with Crippen LogP contribution in [0.5, 0.6) is 11.5 Å². The lowest BCUT2D eigenvalue weighted by molar-refractivity contribution is 0.0650. The van der Waals surface area contributed by atoms with E-state index in [1.165, 1.54) is 13.0 Å². The average Bonchev–Trinajstić information content (AvgIpc) is 3.03. The predicted molar refractivity (Wildman–Crippen MR) is 186 cm³/mol. The van der Waals surface area contributed by atoms with Gasteiger partial charge in [0.2, 0.25) is 5.76 Å². The van der Waals surface area contributed by atoms with Gasteiger partial charge in [-0.05, 0) is 63.3 Å². The number of unbranched alkanes of at least 4 members (excludes halogenated alkanes) is 2. The third kappa shape index (κ3) is 8.61. The molecular formula is C38H40O8S. The molecule has 1 heterocycles. The molecule has 4 rings (SSSR count). The first-order valence-corrected chi connectivity index (χ1v) is 16.2. The van der Waals surface area contributed by atoms with Crippen molar-refractivity contribution < 1.29 is 34.1 Å². The molecule has 1 unspecified atom stereocenters. The Morgan fingerprint density at radius 1 is 1.15 bits per heavy atom. The molecule has 0 amide bonds. The molecule has 3 N–H and O–H groups in total. The van der Waals surface area contributed by atoms with Crippen molar-refractivity contribution >= 4 is 41.0 Å². The van der Waals surface area contributed by atoms with E-state index in [1.54, 1.807) is 54.6 Å². The van der Waals surface area contributed by atoms with Gasteiger partial charge in [0.15, 0.2) is 11.2 Å². The number of aromatic hydroxyl groups is 1. The number of hydrogen-bond donors (Lipinski definition) is 3. The molecule has 1 aromatic heterocycles. The summed E-state index contributed by atoms with van der Waals surface area (Å²) in [5.74, 6) is -2.57. The third-order valence-corrected chi connectivity index (χ3v) is 8.25. The van der Waals surface area contributed by atoms with E-state index in [0.717, 1.165) is 31.2 Å². The summed E-state index contributed by atoms with van der Waals surface area (Å²) in [5, 5.41) is 32.3. The maximum atomic E-state index is 13.7. The highest BCUT2D eigenvalue weighted by atomic mass is 32.1. The average molecular weight is 657 g/mol. The summed E-state index contributed by atoms with van der Waals surface area (Å²) in [6, 6.07) is 10.5. The van der Waals surface area contributed by atoms with E-state index in [9.17, 15) is 29.7 Å². The fraction of sp³-hybridized carbons (Fsp3) is 0.316. The molecule has 8 nitrogen and oxygen atoms in total. The number of carbonyl (C=O) groups excluding carboxylic acids is 1. The van der Waals surface area contributed by atoms with Crippen LogP contribution < -0.4 is 20.8 Å². The number of fused-ring (bicyclic) bond motifs is 1. The van der Waals surface area contributed by atoms with Gasteiger partial charge in [-0.3, -0.25) is 9.59 Å². The van der Waals surface area contributed by atoms with Gasteiger partial charge < -0.3 is 24.5 Å². The smallest absolute Gasteiger partial charge is 0.372 e. The fourth-order valence-corrected chi connectivity index (χ4v) is 5.79. The van der Waals surface area contributed by atoms with Crippen molar-refractivity contribution in [1.29, 1.82) is 0 Å². The fourth-order valence-electron chi connectivity index (χ4n) is 5.60. The second kappa shape index (κ2) is 16.3. The molecule has 0 saturated carbocycles. The zero-order valence-corrected chi connectivity index (χ0v) is 27.6. The maximum absolute atomic E-state index is 13.7. The van der Waals surface area contributed by atoms with E-state index in [0.29, 0.717) is 46.8 Å². The topological polar surface area (TPSA) is 134 Å². The summed E-state index contributed by atoms with van der Waals surface area (Å²) in [7, 11) is 0. The highest BCUT2D eigenvalue weighted by Gasteiger charge is 2.31. The van der Waals surface area contributed by atoms with Crippen LogP contribution >= 0.6 is 12.2 Å². The number of hydrogen-bond acceptors (Lipinski definition) is 8. The summed E-state index contributed by atoms with van der Waals surface area (Å²) in [6.07, 6.45) is 13.0. The Bertz CT molecular complexity index is 1900. The van der Waals surface area contributed by atoms with E-state index in [-0.39, 0.29) is 27.7 Å². The van der Waals surface area contributed by atoms with Crippen molar-refractivity contribution in [1.82, 2.24) is 0 Å². The first kappa shape index (κ1) is 35.3. The van der Waals surface area contributed by atoms with Crippen molar-refractivity contribution in [2.24, 2.45) is 0 Å². The standard InChI is InChI=1S/C38H40O8S/c1-4-12-28-31(19-18-27(24(3)39)35(28)41)45-20-10-8-6-5-7-9-15-30(34(40)25-14-11-13-23(2)21-25)33-36(42)29-17-16-26(47)22-32(29)46-37(33)38(43)44/h5,7,9,11,13-15,17-19,21-22,30,34,40-41H,4,6,8,10,12,16,20H2,1-3H3,(H,43,44)/b7-5-,15-9+/t30-,34?/m0/s1. The van der Waals surface area contributed by atoms with Crippen molar-refractivity contribution in [3.05, 3.63) is 115 Å². The van der Waals surface area contributed by atoms with Crippen LogP contribution in [0.15, 0.2) is 69.9 Å². The number of aliphatic hydroxyl groups excluding tert-OH is 1. The Kier molecular flexibility index (Phi) is 12.2. The number of benzene rings is 2. The van der Waals surface area contributed by atoms with Crippen LogP contribution in [0.2, 0.25) is 0 Å². The number of ether oxygens (including phenoxy) is 1. The van der Waals surface area contributed by atoms with Gasteiger partial charge >= 0.3 is 5.97 Å². The minimum Gasteiger partial charge on any atom is -0.507 e. The molecule has 9 heteroatoms. The lowest BCUT2D eigenvalue weighted by Crippen LogP contribution is -2.45. The lowest BCUT2D eigenvalue weighted by Gasteiger charge is -2.22. The van der Waals surface area contributed by atoms with E-state index >= 15 is 0 Å². The number of thiocarbonyl (C=S) groups is 1. The highest BCUT2D eigenvalue weighted by molar-refractivity contribution is 7.81. The van der Waals surface area contributed by atoms with Gasteiger partial charge in [-0.15, -0.1) is 0 Å². The number of phenols is 1. The normalized spacial score (nSPS) is 14.0. The van der Waals surface area contributed by atoms with Gasteiger partial charge in [-0.1, -0.05) is 85.8 Å². The van der Waals surface area contributed by atoms with E-state index in [2.05, 4.69) is 0 Å². The molecule has 47 heavy (non-hydrogen) atoms. The monoisotopic (exact) mass is 656 g/mol. The summed E-state index contributed by atoms with van der Waals surface area (Å²) in [5.41, 5.74) is 1.85. The van der Waals surface area contributed by atoms with Crippen LogP contribution in [0.1, 0.15) is 101 Å². The summed E-state index contributed by atoms with van der Waals surface area (Å²) < 4.78 is 11.7. The minimum absolute atomic E-state index is 0.0124. The third-order valence-electron chi connectivity index (χ3n) is 7.97. The van der Waals surface area contributed by atoms with Crippen LogP contribution in [0.25, 0.3) is 12.2 Å². The molecule has 2 aromatic carbocycles. The Balaban J connectivity index is 1.49. The lowest BCUT2D eigenvalue weighted by atomic mass is 9.86. The largest absolute Gasteiger partial charge is 0.507 e. The Morgan fingerprint density at radius 3 is 2.64 bits per heavy atom. The SMILES string of the molecule is CCCc1c(OCCCC/C=C\C=C\[C@@H](c2c(C(=O)O)oc3c(c2=O)=CCC(=S)C=3)C(O)c2cccc(C)c2)ccc(C(C)=O)c1O. The molecule has 246 valence electrons. The van der Waals surface area contributed by atoms with Crippen LogP contribution in [0, 0.1) is 6.92 Å². The zero-order chi connectivity index (χ0) is 34.1. The molecule has 0 spiro atoms. The molecule has 0 bridgehead atoms. The van der Waals surface area contributed by atoms with Crippen LogP contribution in [-0.2, 0) is 6.42 Å². The molecule has 3 aromatic rings. The predicted octanol–water partition coefficient (Wildman–Crippen LogP) is 6.02. The number of allylic oxidation sites excluding steroid dienone is 3. The molecule has 2 atom stereocenters. The second-order valence-corrected chi connectivity index (χ2v) is 12.1. The van der Waals surface area contributed by atoms with Gasteiger partial charge in [-0.25, -0.2) is 4.79 Å². The van der Waals surface area contributed by atoms with Crippen LogP contribution in [-0.4, -0.2) is 38.5 Å². The van der Waals surface area contributed by atoms with E-state index in [4.69, 9.17) is 21.4 Å². The molecule has 0 radical (unpaired) electrons. The first-order valence-electron chi connectivity index (χ1n) is 15.7. The van der Waals surface area contributed by atoms with Crippen molar-refractivity contribution in [3.63, 3.8) is 0 Å². The minimum atomic E-state index is -1.41. The Morgan fingerprint density at radius 2 is 1.94 bits per heavy atom. The Hall–Kier alpha value is -4.60. The number of carboxylic acids is 1. The maximum Gasteiger partial charge on any atom is 0.372 e. The molecule has 0 fully saturated rings. The number of aromatic carboxylic acids is 1. The molecular weight excluding hydrogens is 616 g/mol. The van der Waals surface area contributed by atoms with Crippen molar-refractivity contribution in [2.45, 2.75) is 71.3 Å². The van der Waals surface area contributed by atoms with Crippen LogP contribution in [0.4, 0.5) is 0 Å². The van der Waals surface area contributed by atoms with E-state index < -0.39 is 29.2 Å². The van der Waals surface area contributed by atoms with Crippen molar-refractivity contribution in [3.8, 4) is 11.5 Å². The quantitative estimate of drug-likeness (QED) is 0.0777. The summed E-state index contributed by atoms with van der Waals surface area (Å²) >= 11 is 5.22. The number of carboxylic acid groups (broad SMARTS) is 1.